The van der Waals surface area contributed by atoms with Gasteiger partial charge in [-0.25, -0.2) is 23.1 Å². The van der Waals surface area contributed by atoms with Crippen LogP contribution >= 0.6 is 0 Å². The number of benzene rings is 2. The number of alkyl halides is 3. The molecule has 2 aromatic heterocycles. The second kappa shape index (κ2) is 14.4. The van der Waals surface area contributed by atoms with Gasteiger partial charge in [0.05, 0.1) is 23.9 Å². The highest BCUT2D eigenvalue weighted by Crippen LogP contribution is 2.36. The number of methoxy groups -OCH3 is 1. The summed E-state index contributed by atoms with van der Waals surface area (Å²) in [6, 6.07) is 5.14. The van der Waals surface area contributed by atoms with Gasteiger partial charge in [-0.1, -0.05) is 6.07 Å². The molecule has 48 heavy (non-hydrogen) atoms. The fraction of sp³-hybridized carbons (Fsp3) is 0.344. The molecule has 4 N–H and O–H groups in total. The molecule has 0 spiro atoms. The molecule has 4 aromatic rings. The minimum absolute atomic E-state index is 0.0553. The largest absolute Gasteiger partial charge is 0.435 e. The van der Waals surface area contributed by atoms with Crippen molar-refractivity contribution >= 4 is 17.8 Å². The van der Waals surface area contributed by atoms with Crippen LogP contribution in [-0.2, 0) is 41.5 Å². The van der Waals surface area contributed by atoms with Crippen molar-refractivity contribution in [2.45, 2.75) is 50.9 Å². The van der Waals surface area contributed by atoms with Crippen molar-refractivity contribution in [3.05, 3.63) is 93.8 Å². The molecule has 1 aliphatic rings. The quantitative estimate of drug-likeness (QED) is 0.143. The molecule has 0 saturated heterocycles. The Kier molecular flexibility index (Phi) is 10.3. The summed E-state index contributed by atoms with van der Waals surface area (Å²) in [7, 11) is 1.49. The molecule has 0 radical (unpaired) electrons. The maximum absolute atomic E-state index is 14.4. The molecule has 0 bridgehead atoms. The van der Waals surface area contributed by atoms with Gasteiger partial charge in [0.1, 0.15) is 24.0 Å². The zero-order chi connectivity index (χ0) is 34.6. The molecule has 254 valence electrons. The Morgan fingerprint density at radius 3 is 2.48 bits per heavy atom. The Morgan fingerprint density at radius 2 is 1.79 bits per heavy atom. The molecule has 10 nitrogen and oxygen atoms in total. The lowest BCUT2D eigenvalue weighted by Crippen LogP contribution is -2.34. The number of fused-ring (bicyclic) bond motifs is 1. The van der Waals surface area contributed by atoms with Gasteiger partial charge in [-0.2, -0.15) is 18.3 Å². The van der Waals surface area contributed by atoms with E-state index < -0.39 is 59.3 Å². The second-order valence-corrected chi connectivity index (χ2v) is 11.2. The number of nitrogens with two attached hydrogens (primary N) is 1. The molecular weight excluding hydrogens is 644 g/mol. The van der Waals surface area contributed by atoms with Gasteiger partial charge in [-0.15, -0.1) is 0 Å². The Bertz CT molecular complexity index is 1810. The summed E-state index contributed by atoms with van der Waals surface area (Å²) in [5.41, 5.74) is 4.88. The molecule has 2 heterocycles. The molecule has 0 saturated carbocycles. The molecule has 1 aliphatic carbocycles. The molecule has 2 aromatic carbocycles. The fourth-order valence-electron chi connectivity index (χ4n) is 5.70. The Hall–Kier alpha value is -4.99. The van der Waals surface area contributed by atoms with Crippen molar-refractivity contribution in [2.75, 3.05) is 25.6 Å². The first-order valence-corrected chi connectivity index (χ1v) is 14.9. The minimum Gasteiger partial charge on any atom is -0.383 e. The van der Waals surface area contributed by atoms with E-state index in [9.17, 15) is 35.9 Å². The minimum atomic E-state index is -4.71. The summed E-state index contributed by atoms with van der Waals surface area (Å²) in [5, 5.41) is 9.44. The van der Waals surface area contributed by atoms with Gasteiger partial charge in [-0.3, -0.25) is 14.3 Å². The summed E-state index contributed by atoms with van der Waals surface area (Å²) >= 11 is 0. The van der Waals surface area contributed by atoms with Crippen LogP contribution in [0.1, 0.15) is 57.5 Å². The third-order valence-corrected chi connectivity index (χ3v) is 7.80. The van der Waals surface area contributed by atoms with Crippen LogP contribution in [0.3, 0.4) is 0 Å². The van der Waals surface area contributed by atoms with Gasteiger partial charge < -0.3 is 21.1 Å². The van der Waals surface area contributed by atoms with Crippen LogP contribution in [0.25, 0.3) is 11.1 Å². The van der Waals surface area contributed by atoms with Crippen LogP contribution in [0.15, 0.2) is 42.6 Å². The molecular formula is C32H31F6N7O3. The van der Waals surface area contributed by atoms with Crippen molar-refractivity contribution in [3.8, 4) is 11.1 Å². The van der Waals surface area contributed by atoms with Gasteiger partial charge in [0.25, 0.3) is 5.91 Å². The predicted molar refractivity (Wildman–Crippen MR) is 161 cm³/mol. The van der Waals surface area contributed by atoms with Crippen LogP contribution in [0.2, 0.25) is 0 Å². The first kappa shape index (κ1) is 34.3. The zero-order valence-electron chi connectivity index (χ0n) is 25.6. The number of rotatable bonds is 12. The van der Waals surface area contributed by atoms with E-state index in [2.05, 4.69) is 25.7 Å². The third-order valence-electron chi connectivity index (χ3n) is 7.80. The number of nitrogens with one attached hydrogen (secondary N) is 2. The lowest BCUT2D eigenvalue weighted by atomic mass is 9.95. The number of ether oxygens (including phenoxy) is 1. The van der Waals surface area contributed by atoms with Gasteiger partial charge in [0, 0.05) is 42.7 Å². The summed E-state index contributed by atoms with van der Waals surface area (Å²) in [5.74, 6) is -4.39. The summed E-state index contributed by atoms with van der Waals surface area (Å²) < 4.78 is 90.4. The van der Waals surface area contributed by atoms with Crippen LogP contribution < -0.4 is 16.4 Å². The average Bonchev–Trinajstić information content (AvgIpc) is 3.39. The Labute approximate surface area is 270 Å². The van der Waals surface area contributed by atoms with Gasteiger partial charge in [0.2, 0.25) is 11.9 Å². The first-order chi connectivity index (χ1) is 22.8. The number of hydrogen-bond acceptors (Lipinski definition) is 7. The van der Waals surface area contributed by atoms with Crippen LogP contribution in [0.5, 0.6) is 0 Å². The lowest BCUT2D eigenvalue weighted by Gasteiger charge is -2.23. The average molecular weight is 676 g/mol. The van der Waals surface area contributed by atoms with Crippen molar-refractivity contribution in [2.24, 2.45) is 5.73 Å². The lowest BCUT2D eigenvalue weighted by molar-refractivity contribution is -0.142. The van der Waals surface area contributed by atoms with E-state index in [4.69, 9.17) is 10.5 Å². The van der Waals surface area contributed by atoms with Crippen LogP contribution in [-0.4, -0.2) is 51.8 Å². The SMILES string of the molecule is COCCNc1ncc(-c2ccc(F)c(C(N)=O)c2)c([C@@H](Cc2cc(F)cc(F)c2)NC(=O)Cn2nc(C(F)(F)F)c3c2CCCC3)n1. The van der Waals surface area contributed by atoms with E-state index >= 15 is 0 Å². The highest BCUT2D eigenvalue weighted by Gasteiger charge is 2.39. The number of amides is 2. The third kappa shape index (κ3) is 7.93. The normalized spacial score (nSPS) is 13.6. The molecule has 1 atom stereocenters. The number of anilines is 1. The van der Waals surface area contributed by atoms with Gasteiger partial charge in [-0.05, 0) is 67.5 Å². The highest BCUT2D eigenvalue weighted by molar-refractivity contribution is 5.94. The molecule has 16 heteroatoms. The number of primary amides is 1. The van der Waals surface area contributed by atoms with E-state index in [0.29, 0.717) is 31.0 Å². The summed E-state index contributed by atoms with van der Waals surface area (Å²) in [6.07, 6.45) is -1.95. The van der Waals surface area contributed by atoms with Gasteiger partial charge >= 0.3 is 6.18 Å². The molecule has 2 amide bonds. The van der Waals surface area contributed by atoms with Crippen molar-refractivity contribution in [1.29, 1.82) is 0 Å². The molecule has 0 unspecified atom stereocenters. The number of nitrogens with zero attached hydrogens (tertiary/aromatic N) is 4. The van der Waals surface area contributed by atoms with E-state index in [-0.39, 0.29) is 59.9 Å². The maximum Gasteiger partial charge on any atom is 0.435 e. The predicted octanol–water partition coefficient (Wildman–Crippen LogP) is 4.91. The second-order valence-electron chi connectivity index (χ2n) is 11.2. The van der Waals surface area contributed by atoms with Crippen LogP contribution in [0.4, 0.5) is 32.3 Å². The first-order valence-electron chi connectivity index (χ1n) is 14.9. The number of aromatic nitrogens is 4. The maximum atomic E-state index is 14.4. The topological polar surface area (TPSA) is 137 Å². The number of halogens is 6. The Morgan fingerprint density at radius 1 is 1.06 bits per heavy atom. The van der Waals surface area contributed by atoms with Crippen molar-refractivity contribution in [3.63, 3.8) is 0 Å². The monoisotopic (exact) mass is 675 g/mol. The van der Waals surface area contributed by atoms with Gasteiger partial charge in [0.15, 0.2) is 5.69 Å². The van der Waals surface area contributed by atoms with E-state index in [0.717, 1.165) is 22.9 Å². The van der Waals surface area contributed by atoms with E-state index in [1.165, 1.54) is 25.4 Å². The smallest absolute Gasteiger partial charge is 0.383 e. The van der Waals surface area contributed by atoms with E-state index in [1.54, 1.807) is 0 Å². The molecule has 0 fully saturated rings. The van der Waals surface area contributed by atoms with Crippen LogP contribution in [0, 0.1) is 17.5 Å². The Balaban J connectivity index is 1.58. The number of carbonyl (C=O) groups excluding carboxylic acids is 2. The molecule has 5 rings (SSSR count). The highest BCUT2D eigenvalue weighted by atomic mass is 19.4. The summed E-state index contributed by atoms with van der Waals surface area (Å²) in [4.78, 5) is 34.4. The fourth-order valence-corrected chi connectivity index (χ4v) is 5.70. The standard InChI is InChI=1S/C32H31F6N7O3/c1-48-9-8-40-31-41-15-23(18-6-7-24(35)22(13-18)30(39)47)28(43-31)25(12-17-10-19(33)14-20(34)11-17)42-27(46)16-45-26-5-3-2-4-21(26)29(44-45)32(36,37)38/h6-7,10-11,13-15,25H,2-5,8-9,12,16H2,1H3,(H2,39,47)(H,42,46)(H,40,41,43)/t25-/m1/s1. The zero-order valence-corrected chi connectivity index (χ0v) is 25.6. The summed E-state index contributed by atoms with van der Waals surface area (Å²) in [6.45, 7) is -0.0406. The van der Waals surface area contributed by atoms with Crippen molar-refractivity contribution < 1.29 is 40.7 Å². The number of carbonyl (C=O) groups is 2. The van der Waals surface area contributed by atoms with E-state index in [1.807, 2.05) is 0 Å². The number of hydrogen-bond donors (Lipinski definition) is 3. The van der Waals surface area contributed by atoms with Crippen molar-refractivity contribution in [1.82, 2.24) is 25.1 Å². The molecule has 0 aliphatic heterocycles.